The third-order valence-corrected chi connectivity index (χ3v) is 5.44. The third-order valence-electron chi connectivity index (χ3n) is 5.44. The highest BCUT2D eigenvalue weighted by Crippen LogP contribution is 2.48. The zero-order valence-corrected chi connectivity index (χ0v) is 12.3. The maximum Gasteiger partial charge on any atom is 0.0376 e. The first-order chi connectivity index (χ1) is 9.92. The molecule has 3 aliphatic rings. The number of nitrogens with one attached hydrogen (secondary N) is 2. The molecule has 1 aromatic rings. The molecule has 20 heavy (non-hydrogen) atoms. The lowest BCUT2D eigenvalue weighted by atomic mass is 9.96. The van der Waals surface area contributed by atoms with Crippen molar-refractivity contribution in [2.24, 2.45) is 17.8 Å². The average molecular weight is 270 g/mol. The number of para-hydroxylation sites is 1. The summed E-state index contributed by atoms with van der Waals surface area (Å²) >= 11 is 0. The lowest BCUT2D eigenvalue weighted by Gasteiger charge is -2.17. The summed E-state index contributed by atoms with van der Waals surface area (Å²) in [5.41, 5.74) is 2.88. The normalized spacial score (nSPS) is 24.8. The highest BCUT2D eigenvalue weighted by molar-refractivity contribution is 5.57. The number of benzene rings is 1. The van der Waals surface area contributed by atoms with Crippen LogP contribution in [0.25, 0.3) is 0 Å². The Bertz CT molecular complexity index is 450. The second kappa shape index (κ2) is 5.40. The third kappa shape index (κ3) is 2.71. The van der Waals surface area contributed by atoms with E-state index in [4.69, 9.17) is 0 Å². The smallest absolute Gasteiger partial charge is 0.0376 e. The van der Waals surface area contributed by atoms with Crippen molar-refractivity contribution in [3.8, 4) is 0 Å². The summed E-state index contributed by atoms with van der Waals surface area (Å²) in [7, 11) is 0. The largest absolute Gasteiger partial charge is 0.384 e. The van der Waals surface area contributed by atoms with E-state index in [0.717, 1.165) is 24.3 Å². The second-order valence-corrected chi connectivity index (χ2v) is 7.00. The Labute approximate surface area is 122 Å². The van der Waals surface area contributed by atoms with Crippen LogP contribution in [0.2, 0.25) is 0 Å². The lowest BCUT2D eigenvalue weighted by molar-refractivity contribution is 0.376. The van der Waals surface area contributed by atoms with Gasteiger partial charge in [-0.05, 0) is 74.6 Å². The van der Waals surface area contributed by atoms with Crippen molar-refractivity contribution in [2.45, 2.75) is 38.0 Å². The summed E-state index contributed by atoms with van der Waals surface area (Å²) in [6.07, 6.45) is 7.28. The fourth-order valence-corrected chi connectivity index (χ4v) is 3.93. The number of hydrogen-bond donors (Lipinski definition) is 2. The van der Waals surface area contributed by atoms with E-state index in [1.807, 2.05) is 0 Å². The Hall–Kier alpha value is -1.02. The van der Waals surface area contributed by atoms with Gasteiger partial charge in [0.2, 0.25) is 0 Å². The molecular formula is C18H26N2. The molecule has 2 heteroatoms. The number of fused-ring (bicyclic) bond motifs is 1. The molecule has 2 N–H and O–H groups in total. The predicted molar refractivity (Wildman–Crippen MR) is 84.1 cm³/mol. The Kier molecular flexibility index (Phi) is 3.43. The highest BCUT2D eigenvalue weighted by Gasteiger charge is 2.40. The molecule has 2 fully saturated rings. The molecule has 0 radical (unpaired) electrons. The molecule has 1 unspecified atom stereocenters. The molecule has 0 aromatic heterocycles. The van der Waals surface area contributed by atoms with E-state index in [-0.39, 0.29) is 0 Å². The van der Waals surface area contributed by atoms with E-state index in [1.165, 1.54) is 56.4 Å². The topological polar surface area (TPSA) is 24.1 Å². The van der Waals surface area contributed by atoms with Crippen LogP contribution in [0.3, 0.4) is 0 Å². The van der Waals surface area contributed by atoms with Crippen LogP contribution in [0.1, 0.15) is 43.6 Å². The van der Waals surface area contributed by atoms with E-state index in [1.54, 1.807) is 0 Å². The van der Waals surface area contributed by atoms with Gasteiger partial charge in [0.25, 0.3) is 0 Å². The summed E-state index contributed by atoms with van der Waals surface area (Å²) in [6.45, 7) is 3.57. The van der Waals surface area contributed by atoms with Crippen molar-refractivity contribution in [3.05, 3.63) is 29.8 Å². The van der Waals surface area contributed by atoms with Gasteiger partial charge in [-0.15, -0.1) is 0 Å². The molecule has 2 saturated carbocycles. The first kappa shape index (κ1) is 12.7. The van der Waals surface area contributed by atoms with Crippen molar-refractivity contribution >= 4 is 5.69 Å². The van der Waals surface area contributed by atoms with Crippen molar-refractivity contribution < 1.29 is 0 Å². The fourth-order valence-electron chi connectivity index (χ4n) is 3.93. The second-order valence-electron chi connectivity index (χ2n) is 7.00. The average Bonchev–Trinajstić information content (AvgIpc) is 3.38. The van der Waals surface area contributed by atoms with E-state index in [2.05, 4.69) is 34.9 Å². The first-order valence-corrected chi connectivity index (χ1v) is 8.45. The van der Waals surface area contributed by atoms with Gasteiger partial charge in [0.05, 0.1) is 0 Å². The zero-order valence-electron chi connectivity index (χ0n) is 12.3. The highest BCUT2D eigenvalue weighted by atomic mass is 14.9. The van der Waals surface area contributed by atoms with Gasteiger partial charge in [-0.2, -0.15) is 0 Å². The van der Waals surface area contributed by atoms with Crippen LogP contribution in [-0.2, 0) is 0 Å². The molecule has 1 aliphatic heterocycles. The van der Waals surface area contributed by atoms with E-state index in [0.29, 0.717) is 5.92 Å². The quantitative estimate of drug-likeness (QED) is 0.740. The molecular weight excluding hydrogens is 244 g/mol. The van der Waals surface area contributed by atoms with Crippen LogP contribution >= 0.6 is 0 Å². The number of rotatable bonds is 7. The van der Waals surface area contributed by atoms with Crippen molar-refractivity contribution in [2.75, 3.05) is 25.0 Å². The summed E-state index contributed by atoms with van der Waals surface area (Å²) in [4.78, 5) is 0. The van der Waals surface area contributed by atoms with Crippen molar-refractivity contribution in [1.29, 1.82) is 0 Å². The van der Waals surface area contributed by atoms with Crippen LogP contribution in [0.15, 0.2) is 24.3 Å². The van der Waals surface area contributed by atoms with Gasteiger partial charge >= 0.3 is 0 Å². The van der Waals surface area contributed by atoms with Crippen LogP contribution in [0, 0.1) is 17.8 Å². The Balaban J connectivity index is 1.23. The molecule has 108 valence electrons. The number of hydrogen-bond acceptors (Lipinski definition) is 2. The fraction of sp³-hybridized carbons (Fsp3) is 0.667. The molecule has 1 heterocycles. The van der Waals surface area contributed by atoms with Crippen LogP contribution in [-0.4, -0.2) is 19.6 Å². The minimum absolute atomic E-state index is 0.707. The summed E-state index contributed by atoms with van der Waals surface area (Å²) in [5.74, 6) is 3.86. The SMILES string of the molecule is c1ccc2c(c1)NCC2CCNCC(C1CC1)C1CC1. The first-order valence-electron chi connectivity index (χ1n) is 8.45. The molecule has 0 bridgehead atoms. The van der Waals surface area contributed by atoms with E-state index >= 15 is 0 Å². The standard InChI is InChI=1S/C18H26N2/c1-2-4-18-16(3-1)15(11-20-18)9-10-19-12-17(13-5-6-13)14-7-8-14/h1-4,13-15,17,19-20H,5-12H2. The predicted octanol–water partition coefficient (Wildman–Crippen LogP) is 3.61. The van der Waals surface area contributed by atoms with Gasteiger partial charge in [-0.3, -0.25) is 0 Å². The Morgan fingerprint density at radius 1 is 1.10 bits per heavy atom. The maximum absolute atomic E-state index is 3.76. The molecule has 1 aromatic carbocycles. The molecule has 0 saturated heterocycles. The molecule has 2 nitrogen and oxygen atoms in total. The van der Waals surface area contributed by atoms with Gasteiger partial charge in [-0.1, -0.05) is 18.2 Å². The zero-order chi connectivity index (χ0) is 13.4. The minimum Gasteiger partial charge on any atom is -0.384 e. The van der Waals surface area contributed by atoms with Crippen LogP contribution in [0.4, 0.5) is 5.69 Å². The van der Waals surface area contributed by atoms with Gasteiger partial charge in [-0.25, -0.2) is 0 Å². The summed E-state index contributed by atoms with van der Waals surface area (Å²) in [5, 5.41) is 7.29. The maximum atomic E-state index is 3.76. The van der Waals surface area contributed by atoms with Crippen molar-refractivity contribution in [3.63, 3.8) is 0 Å². The minimum atomic E-state index is 0.707. The molecule has 0 spiro atoms. The van der Waals surface area contributed by atoms with Crippen LogP contribution in [0.5, 0.6) is 0 Å². The van der Waals surface area contributed by atoms with Gasteiger partial charge < -0.3 is 10.6 Å². The molecule has 2 aliphatic carbocycles. The summed E-state index contributed by atoms with van der Waals surface area (Å²) < 4.78 is 0. The molecule has 0 amide bonds. The monoisotopic (exact) mass is 270 g/mol. The molecule has 1 atom stereocenters. The van der Waals surface area contributed by atoms with Gasteiger partial charge in [0.1, 0.15) is 0 Å². The molecule has 4 rings (SSSR count). The van der Waals surface area contributed by atoms with Crippen molar-refractivity contribution in [1.82, 2.24) is 5.32 Å². The number of anilines is 1. The summed E-state index contributed by atoms with van der Waals surface area (Å²) in [6, 6.07) is 8.79. The van der Waals surface area contributed by atoms with Gasteiger partial charge in [0.15, 0.2) is 0 Å². The lowest BCUT2D eigenvalue weighted by Crippen LogP contribution is -2.27. The van der Waals surface area contributed by atoms with E-state index < -0.39 is 0 Å². The van der Waals surface area contributed by atoms with Gasteiger partial charge in [0, 0.05) is 18.2 Å². The van der Waals surface area contributed by atoms with Crippen LogP contribution < -0.4 is 10.6 Å². The Morgan fingerprint density at radius 3 is 2.60 bits per heavy atom. The Morgan fingerprint density at radius 2 is 1.85 bits per heavy atom. The van der Waals surface area contributed by atoms with E-state index in [9.17, 15) is 0 Å².